The molecule has 2 N–H and O–H groups in total. The number of benzene rings is 1. The summed E-state index contributed by atoms with van der Waals surface area (Å²) in [6.07, 6.45) is 2.57. The van der Waals surface area contributed by atoms with E-state index < -0.39 is 17.7 Å². The van der Waals surface area contributed by atoms with Gasteiger partial charge in [-0.15, -0.1) is 0 Å². The fraction of sp³-hybridized carbons (Fsp3) is 0.550. The highest BCUT2D eigenvalue weighted by molar-refractivity contribution is 5.26. The largest absolute Gasteiger partial charge is 0.370 e. The number of nitrogens with two attached hydrogens (primary N) is 1. The molecular formula is C20H24F2N4O. The maximum Gasteiger partial charge on any atom is 0.129 e. The highest BCUT2D eigenvalue weighted by atomic mass is 19.1. The Hall–Kier alpha value is -1.83. The van der Waals surface area contributed by atoms with Gasteiger partial charge in [0.1, 0.15) is 23.6 Å². The topological polar surface area (TPSA) is 56.3 Å². The van der Waals surface area contributed by atoms with Crippen LogP contribution in [0.4, 0.5) is 8.78 Å². The average Bonchev–Trinajstić information content (AvgIpc) is 3.32. The predicted octanol–water partition coefficient (Wildman–Crippen LogP) is 2.75. The number of fused-ring (bicyclic) bond motifs is 1. The molecule has 144 valence electrons. The highest BCUT2D eigenvalue weighted by Gasteiger charge is 2.39. The van der Waals surface area contributed by atoms with Gasteiger partial charge in [-0.05, 0) is 37.5 Å². The Morgan fingerprint density at radius 1 is 1.22 bits per heavy atom. The normalized spacial score (nSPS) is 28.5. The molecule has 1 saturated heterocycles. The van der Waals surface area contributed by atoms with E-state index in [-0.39, 0.29) is 17.6 Å². The van der Waals surface area contributed by atoms with Crippen molar-refractivity contribution in [2.24, 2.45) is 12.8 Å². The van der Waals surface area contributed by atoms with Crippen molar-refractivity contribution in [2.45, 2.75) is 56.5 Å². The van der Waals surface area contributed by atoms with Gasteiger partial charge in [0.15, 0.2) is 0 Å². The van der Waals surface area contributed by atoms with Gasteiger partial charge in [0.2, 0.25) is 0 Å². The van der Waals surface area contributed by atoms with Gasteiger partial charge in [-0.3, -0.25) is 4.90 Å². The van der Waals surface area contributed by atoms with Gasteiger partial charge in [-0.25, -0.2) is 13.8 Å². The van der Waals surface area contributed by atoms with Crippen molar-refractivity contribution in [1.29, 1.82) is 0 Å². The zero-order valence-corrected chi connectivity index (χ0v) is 15.4. The zero-order chi connectivity index (χ0) is 18.7. The van der Waals surface area contributed by atoms with Gasteiger partial charge in [0, 0.05) is 43.7 Å². The third-order valence-corrected chi connectivity index (χ3v) is 6.16. The summed E-state index contributed by atoms with van der Waals surface area (Å²) in [5, 5.41) is 0. The number of hydrogen-bond donors (Lipinski definition) is 1. The predicted molar refractivity (Wildman–Crippen MR) is 95.9 cm³/mol. The van der Waals surface area contributed by atoms with E-state index in [1.165, 1.54) is 30.4 Å². The van der Waals surface area contributed by atoms with Crippen LogP contribution < -0.4 is 5.73 Å². The molecule has 7 heteroatoms. The van der Waals surface area contributed by atoms with Crippen molar-refractivity contribution in [3.8, 4) is 0 Å². The highest BCUT2D eigenvalue weighted by Crippen LogP contribution is 2.41. The molecule has 2 fully saturated rings. The Balaban J connectivity index is 1.28. The van der Waals surface area contributed by atoms with Crippen molar-refractivity contribution in [3.05, 3.63) is 52.6 Å². The smallest absolute Gasteiger partial charge is 0.129 e. The second kappa shape index (κ2) is 6.36. The minimum atomic E-state index is -0.610. The maximum atomic E-state index is 14.1. The summed E-state index contributed by atoms with van der Waals surface area (Å²) < 4.78 is 35.8. The summed E-state index contributed by atoms with van der Waals surface area (Å²) in [5.41, 5.74) is 8.96. The monoisotopic (exact) mass is 374 g/mol. The summed E-state index contributed by atoms with van der Waals surface area (Å²) in [4.78, 5) is 7.20. The van der Waals surface area contributed by atoms with E-state index in [2.05, 4.69) is 16.5 Å². The van der Waals surface area contributed by atoms with E-state index >= 15 is 0 Å². The van der Waals surface area contributed by atoms with Crippen LogP contribution in [-0.2, 0) is 24.9 Å². The van der Waals surface area contributed by atoms with Crippen molar-refractivity contribution < 1.29 is 13.5 Å². The van der Waals surface area contributed by atoms with Crippen LogP contribution in [0, 0.1) is 11.6 Å². The minimum Gasteiger partial charge on any atom is -0.370 e. The second-order valence-electron chi connectivity index (χ2n) is 8.07. The van der Waals surface area contributed by atoms with E-state index in [1.54, 1.807) is 0 Å². The summed E-state index contributed by atoms with van der Waals surface area (Å²) in [5.74, 6) is 0.915. The summed E-state index contributed by atoms with van der Waals surface area (Å²) in [6, 6.07) is 3.22. The molecule has 1 aromatic heterocycles. The SMILES string of the molecule is Cn1c(C2CC2)nc2c1CN([C@H]1CO[C@H](c3cc(F)ccc3F)[C@@H](N)C1)C2. The van der Waals surface area contributed by atoms with Gasteiger partial charge < -0.3 is 15.0 Å². The molecule has 3 aliphatic rings. The maximum absolute atomic E-state index is 14.1. The van der Waals surface area contributed by atoms with Gasteiger partial charge in [0.25, 0.3) is 0 Å². The third kappa shape index (κ3) is 2.98. The molecule has 0 radical (unpaired) electrons. The van der Waals surface area contributed by atoms with E-state index in [0.29, 0.717) is 18.9 Å². The van der Waals surface area contributed by atoms with E-state index in [1.807, 2.05) is 0 Å². The lowest BCUT2D eigenvalue weighted by Crippen LogP contribution is -2.47. The molecule has 2 aromatic rings. The zero-order valence-electron chi connectivity index (χ0n) is 15.4. The van der Waals surface area contributed by atoms with E-state index in [4.69, 9.17) is 15.5 Å². The summed E-state index contributed by atoms with van der Waals surface area (Å²) in [6.45, 7) is 2.10. The van der Waals surface area contributed by atoms with Gasteiger partial charge >= 0.3 is 0 Å². The molecule has 27 heavy (non-hydrogen) atoms. The number of imidazole rings is 1. The van der Waals surface area contributed by atoms with Crippen LogP contribution in [0.15, 0.2) is 18.2 Å². The number of halogens is 2. The lowest BCUT2D eigenvalue weighted by Gasteiger charge is -2.38. The molecule has 2 aliphatic heterocycles. The van der Waals surface area contributed by atoms with Gasteiger partial charge in [-0.1, -0.05) is 0 Å². The molecule has 3 heterocycles. The van der Waals surface area contributed by atoms with Crippen LogP contribution in [0.5, 0.6) is 0 Å². The van der Waals surface area contributed by atoms with E-state index in [9.17, 15) is 8.78 Å². The molecule has 3 atom stereocenters. The number of hydrogen-bond acceptors (Lipinski definition) is 4. The molecule has 0 unspecified atom stereocenters. The Bertz CT molecular complexity index is 879. The van der Waals surface area contributed by atoms with Gasteiger partial charge in [-0.2, -0.15) is 0 Å². The number of rotatable bonds is 3. The first-order valence-corrected chi connectivity index (χ1v) is 9.62. The first-order valence-electron chi connectivity index (χ1n) is 9.62. The van der Waals surface area contributed by atoms with Crippen LogP contribution in [0.25, 0.3) is 0 Å². The summed E-state index contributed by atoms with van der Waals surface area (Å²) in [7, 11) is 2.11. The quantitative estimate of drug-likeness (QED) is 0.898. The Labute approximate surface area is 157 Å². The lowest BCUT2D eigenvalue weighted by molar-refractivity contribution is -0.0535. The van der Waals surface area contributed by atoms with E-state index in [0.717, 1.165) is 30.9 Å². The second-order valence-corrected chi connectivity index (χ2v) is 8.07. The lowest BCUT2D eigenvalue weighted by atomic mass is 9.93. The van der Waals surface area contributed by atoms with Crippen LogP contribution in [0.1, 0.15) is 54.1 Å². The molecule has 1 aromatic carbocycles. The molecule has 0 amide bonds. The van der Waals surface area contributed by atoms with Crippen LogP contribution >= 0.6 is 0 Å². The first-order chi connectivity index (χ1) is 13.0. The van der Waals surface area contributed by atoms with Crippen molar-refractivity contribution >= 4 is 0 Å². The fourth-order valence-electron chi connectivity index (χ4n) is 4.49. The number of aromatic nitrogens is 2. The number of ether oxygens (including phenoxy) is 1. The molecule has 0 bridgehead atoms. The third-order valence-electron chi connectivity index (χ3n) is 6.16. The molecule has 5 rings (SSSR count). The molecule has 1 saturated carbocycles. The summed E-state index contributed by atoms with van der Waals surface area (Å²) >= 11 is 0. The minimum absolute atomic E-state index is 0.159. The fourth-order valence-corrected chi connectivity index (χ4v) is 4.49. The molecular weight excluding hydrogens is 350 g/mol. The number of nitrogens with zero attached hydrogens (tertiary/aromatic N) is 3. The van der Waals surface area contributed by atoms with Crippen molar-refractivity contribution in [3.63, 3.8) is 0 Å². The Kier molecular flexibility index (Phi) is 4.07. The molecule has 5 nitrogen and oxygen atoms in total. The molecule has 1 aliphatic carbocycles. The van der Waals surface area contributed by atoms with Gasteiger partial charge in [0.05, 0.1) is 18.0 Å². The Morgan fingerprint density at radius 2 is 2.04 bits per heavy atom. The average molecular weight is 374 g/mol. The standard InChI is InChI=1S/C20H24F2N4O/c1-25-18-9-26(8-17(18)24-20(25)11-2-3-11)13-7-16(23)19(27-10-13)14-6-12(21)4-5-15(14)22/h4-6,11,13,16,19H,2-3,7-10,23H2,1H3/t13-,16+,19-/m1/s1. The Morgan fingerprint density at radius 3 is 2.74 bits per heavy atom. The van der Waals surface area contributed by atoms with Crippen LogP contribution in [0.2, 0.25) is 0 Å². The first kappa shape index (κ1) is 17.3. The van der Waals surface area contributed by atoms with Crippen LogP contribution in [0.3, 0.4) is 0 Å². The van der Waals surface area contributed by atoms with Crippen molar-refractivity contribution in [2.75, 3.05) is 6.61 Å². The van der Waals surface area contributed by atoms with Crippen molar-refractivity contribution in [1.82, 2.24) is 14.5 Å². The molecule has 0 spiro atoms. The van der Waals surface area contributed by atoms with Crippen LogP contribution in [-0.4, -0.2) is 33.1 Å².